The van der Waals surface area contributed by atoms with Crippen molar-refractivity contribution in [3.63, 3.8) is 0 Å². The summed E-state index contributed by atoms with van der Waals surface area (Å²) in [5, 5.41) is 9.39. The van der Waals surface area contributed by atoms with Gasteiger partial charge >= 0.3 is 0 Å². The smallest absolute Gasteiger partial charge is 0.219 e. The Balaban J connectivity index is 2.18. The zero-order valence-corrected chi connectivity index (χ0v) is 11.8. The minimum absolute atomic E-state index is 0.513. The highest BCUT2D eigenvalue weighted by Gasteiger charge is 2.05. The molecule has 0 amide bonds. The average molecular weight is 308 g/mol. The van der Waals surface area contributed by atoms with Crippen LogP contribution in [-0.2, 0) is 0 Å². The summed E-state index contributed by atoms with van der Waals surface area (Å²) in [6, 6.07) is 9.36. The Hall–Kier alpha value is -1.39. The number of nitrogens with zero attached hydrogens (tertiary/aromatic N) is 1. The molecule has 1 heterocycles. The third-order valence-electron chi connectivity index (χ3n) is 2.59. The molecule has 1 N–H and O–H groups in total. The van der Waals surface area contributed by atoms with E-state index < -0.39 is 6.10 Å². The molecular weight excluding hydrogens is 294 g/mol. The molecule has 18 heavy (non-hydrogen) atoms. The Labute approximate surface area is 115 Å². The number of aliphatic hydroxyl groups excluding tert-OH is 1. The lowest BCUT2D eigenvalue weighted by molar-refractivity contribution is 0.198. The van der Waals surface area contributed by atoms with Gasteiger partial charge in [0.25, 0.3) is 0 Å². The van der Waals surface area contributed by atoms with Crippen molar-refractivity contribution in [2.75, 3.05) is 0 Å². The van der Waals surface area contributed by atoms with Crippen molar-refractivity contribution in [1.82, 2.24) is 4.98 Å². The van der Waals surface area contributed by atoms with Crippen molar-refractivity contribution in [3.05, 3.63) is 52.1 Å². The van der Waals surface area contributed by atoms with Crippen LogP contribution in [0.2, 0.25) is 0 Å². The van der Waals surface area contributed by atoms with Crippen LogP contribution in [-0.4, -0.2) is 10.1 Å². The monoisotopic (exact) mass is 307 g/mol. The second-order valence-corrected chi connectivity index (χ2v) is 5.03. The maximum atomic E-state index is 9.39. The van der Waals surface area contributed by atoms with Crippen LogP contribution in [0.3, 0.4) is 0 Å². The van der Waals surface area contributed by atoms with Crippen molar-refractivity contribution in [2.45, 2.75) is 20.0 Å². The molecule has 2 aromatic rings. The highest BCUT2D eigenvalue weighted by Crippen LogP contribution is 2.26. The summed E-state index contributed by atoms with van der Waals surface area (Å²) in [7, 11) is 0. The van der Waals surface area contributed by atoms with Crippen LogP contribution in [0.4, 0.5) is 0 Å². The quantitative estimate of drug-likeness (QED) is 0.932. The molecule has 4 heteroatoms. The summed E-state index contributed by atoms with van der Waals surface area (Å²) in [5.74, 6) is 1.29. The minimum Gasteiger partial charge on any atom is -0.439 e. The number of ether oxygens (including phenoxy) is 1. The Kier molecular flexibility index (Phi) is 3.99. The van der Waals surface area contributed by atoms with Gasteiger partial charge in [0.1, 0.15) is 5.75 Å². The molecule has 0 saturated carbocycles. The molecular formula is C14H14BrNO2. The summed E-state index contributed by atoms with van der Waals surface area (Å²) < 4.78 is 6.70. The van der Waals surface area contributed by atoms with Gasteiger partial charge in [-0.2, -0.15) is 0 Å². The first-order valence-corrected chi connectivity index (χ1v) is 6.43. The van der Waals surface area contributed by atoms with Gasteiger partial charge in [-0.1, -0.05) is 15.9 Å². The SMILES string of the molecule is Cc1cc(Br)ccc1Oc1ccc(C(C)O)cn1. The largest absolute Gasteiger partial charge is 0.439 e. The van der Waals surface area contributed by atoms with Gasteiger partial charge in [0.05, 0.1) is 6.10 Å². The van der Waals surface area contributed by atoms with E-state index in [0.29, 0.717) is 5.88 Å². The number of aliphatic hydroxyl groups is 1. The molecule has 0 spiro atoms. The Morgan fingerprint density at radius 2 is 2.06 bits per heavy atom. The van der Waals surface area contributed by atoms with E-state index >= 15 is 0 Å². The molecule has 0 aliphatic carbocycles. The van der Waals surface area contributed by atoms with Crippen molar-refractivity contribution in [1.29, 1.82) is 0 Å². The predicted octanol–water partition coefficient (Wildman–Crippen LogP) is 4.00. The van der Waals surface area contributed by atoms with Gasteiger partial charge in [-0.3, -0.25) is 0 Å². The lowest BCUT2D eigenvalue weighted by atomic mass is 10.2. The fraction of sp³-hybridized carbons (Fsp3) is 0.214. The Morgan fingerprint density at radius 1 is 1.28 bits per heavy atom. The van der Waals surface area contributed by atoms with Gasteiger partial charge in [-0.05, 0) is 49.2 Å². The van der Waals surface area contributed by atoms with Gasteiger partial charge in [0.2, 0.25) is 5.88 Å². The van der Waals surface area contributed by atoms with E-state index in [2.05, 4.69) is 20.9 Å². The number of pyridine rings is 1. The standard InChI is InChI=1S/C14H14BrNO2/c1-9-7-12(15)4-5-13(9)18-14-6-3-11(8-16-14)10(2)17/h3-8,10,17H,1-2H3. The van der Waals surface area contributed by atoms with Crippen LogP contribution in [0.1, 0.15) is 24.2 Å². The Morgan fingerprint density at radius 3 is 2.61 bits per heavy atom. The molecule has 3 nitrogen and oxygen atoms in total. The lowest BCUT2D eigenvalue weighted by Crippen LogP contribution is -1.94. The molecule has 0 fully saturated rings. The number of benzene rings is 1. The van der Waals surface area contributed by atoms with E-state index in [1.807, 2.05) is 25.1 Å². The maximum absolute atomic E-state index is 9.39. The molecule has 0 bridgehead atoms. The average Bonchev–Trinajstić information content (AvgIpc) is 2.33. The maximum Gasteiger partial charge on any atom is 0.219 e. The third-order valence-corrected chi connectivity index (χ3v) is 3.09. The minimum atomic E-state index is -0.513. The fourth-order valence-corrected chi connectivity index (χ4v) is 2.01. The first-order chi connectivity index (χ1) is 8.56. The molecule has 0 saturated heterocycles. The highest BCUT2D eigenvalue weighted by atomic mass is 79.9. The van der Waals surface area contributed by atoms with E-state index in [1.165, 1.54) is 0 Å². The lowest BCUT2D eigenvalue weighted by Gasteiger charge is -2.09. The molecule has 0 radical (unpaired) electrons. The molecule has 1 aromatic heterocycles. The van der Waals surface area contributed by atoms with Crippen molar-refractivity contribution < 1.29 is 9.84 Å². The first kappa shape index (κ1) is 13.1. The van der Waals surface area contributed by atoms with E-state index in [9.17, 15) is 5.11 Å². The second-order valence-electron chi connectivity index (χ2n) is 4.12. The summed E-state index contributed by atoms with van der Waals surface area (Å²) in [6.45, 7) is 3.68. The van der Waals surface area contributed by atoms with E-state index in [0.717, 1.165) is 21.3 Å². The number of hydrogen-bond acceptors (Lipinski definition) is 3. The summed E-state index contributed by atoms with van der Waals surface area (Å²) in [4.78, 5) is 4.16. The number of rotatable bonds is 3. The van der Waals surface area contributed by atoms with Gasteiger partial charge in [0, 0.05) is 16.7 Å². The van der Waals surface area contributed by atoms with Gasteiger partial charge in [-0.15, -0.1) is 0 Å². The number of hydrogen-bond donors (Lipinski definition) is 1. The van der Waals surface area contributed by atoms with Crippen LogP contribution in [0, 0.1) is 6.92 Å². The van der Waals surface area contributed by atoms with Crippen molar-refractivity contribution in [3.8, 4) is 11.6 Å². The number of halogens is 1. The number of aromatic nitrogens is 1. The second kappa shape index (κ2) is 5.50. The van der Waals surface area contributed by atoms with Crippen LogP contribution in [0.25, 0.3) is 0 Å². The molecule has 0 aliphatic rings. The molecule has 1 unspecified atom stereocenters. The summed E-state index contributed by atoms with van der Waals surface area (Å²) >= 11 is 3.41. The normalized spacial score (nSPS) is 12.2. The van der Waals surface area contributed by atoms with Crippen LogP contribution < -0.4 is 4.74 Å². The molecule has 1 atom stereocenters. The first-order valence-electron chi connectivity index (χ1n) is 5.64. The van der Waals surface area contributed by atoms with Crippen LogP contribution in [0.5, 0.6) is 11.6 Å². The Bertz CT molecular complexity index is 538. The van der Waals surface area contributed by atoms with Gasteiger partial charge in [0.15, 0.2) is 0 Å². The third kappa shape index (κ3) is 3.09. The van der Waals surface area contributed by atoms with Crippen LogP contribution >= 0.6 is 15.9 Å². The van der Waals surface area contributed by atoms with Crippen molar-refractivity contribution >= 4 is 15.9 Å². The topological polar surface area (TPSA) is 42.4 Å². The van der Waals surface area contributed by atoms with E-state index in [-0.39, 0.29) is 0 Å². The van der Waals surface area contributed by atoms with Crippen LogP contribution in [0.15, 0.2) is 41.0 Å². The zero-order chi connectivity index (χ0) is 13.1. The van der Waals surface area contributed by atoms with Gasteiger partial charge in [-0.25, -0.2) is 4.98 Å². The van der Waals surface area contributed by atoms with E-state index in [4.69, 9.17) is 4.74 Å². The zero-order valence-electron chi connectivity index (χ0n) is 10.2. The highest BCUT2D eigenvalue weighted by molar-refractivity contribution is 9.10. The van der Waals surface area contributed by atoms with Gasteiger partial charge < -0.3 is 9.84 Å². The molecule has 1 aromatic carbocycles. The van der Waals surface area contributed by atoms with E-state index in [1.54, 1.807) is 25.3 Å². The molecule has 2 rings (SSSR count). The summed E-state index contributed by atoms with van der Waals surface area (Å²) in [6.07, 6.45) is 1.11. The number of aryl methyl sites for hydroxylation is 1. The van der Waals surface area contributed by atoms with Crippen molar-refractivity contribution in [2.24, 2.45) is 0 Å². The molecule has 94 valence electrons. The predicted molar refractivity (Wildman–Crippen MR) is 73.8 cm³/mol. The fourth-order valence-electron chi connectivity index (χ4n) is 1.54. The summed E-state index contributed by atoms with van der Waals surface area (Å²) in [5.41, 5.74) is 1.81. The molecule has 0 aliphatic heterocycles.